The van der Waals surface area contributed by atoms with Crippen molar-refractivity contribution < 1.29 is 0 Å². The van der Waals surface area contributed by atoms with Crippen LogP contribution in [0.1, 0.15) is 38.1 Å². The average molecular weight is 252 g/mol. The van der Waals surface area contributed by atoms with Gasteiger partial charge in [-0.1, -0.05) is 19.3 Å². The fourth-order valence-electron chi connectivity index (χ4n) is 2.58. The molecule has 0 unspecified atom stereocenters. The van der Waals surface area contributed by atoms with Gasteiger partial charge in [0, 0.05) is 6.04 Å². The molecule has 0 aromatic carbocycles. The second-order valence-corrected chi connectivity index (χ2v) is 4.83. The van der Waals surface area contributed by atoms with Gasteiger partial charge in [0.1, 0.15) is 5.52 Å². The average Bonchev–Trinajstić information content (AvgIpc) is 2.74. The van der Waals surface area contributed by atoms with Crippen molar-refractivity contribution in [2.75, 3.05) is 5.73 Å². The van der Waals surface area contributed by atoms with Gasteiger partial charge >= 0.3 is 0 Å². The van der Waals surface area contributed by atoms with Gasteiger partial charge in [0.05, 0.1) is 6.33 Å². The van der Waals surface area contributed by atoms with E-state index in [4.69, 9.17) is 17.3 Å². The van der Waals surface area contributed by atoms with Gasteiger partial charge in [0.15, 0.2) is 11.5 Å². The van der Waals surface area contributed by atoms with Crippen molar-refractivity contribution >= 4 is 28.6 Å². The molecule has 0 saturated heterocycles. The number of anilines is 1. The number of nitrogen functional groups attached to an aromatic ring is 1. The van der Waals surface area contributed by atoms with E-state index in [2.05, 4.69) is 19.5 Å². The fraction of sp³-hybridized carbons (Fsp3) is 0.545. The third-order valence-corrected chi connectivity index (χ3v) is 3.57. The van der Waals surface area contributed by atoms with E-state index in [1.54, 1.807) is 0 Å². The Morgan fingerprint density at radius 3 is 2.76 bits per heavy atom. The van der Waals surface area contributed by atoms with Crippen molar-refractivity contribution in [2.24, 2.45) is 0 Å². The molecule has 0 radical (unpaired) electrons. The smallest absolute Gasteiger partial charge is 0.226 e. The van der Waals surface area contributed by atoms with Crippen LogP contribution >= 0.6 is 11.6 Å². The number of nitrogens with zero attached hydrogens (tertiary/aromatic N) is 4. The maximum absolute atomic E-state index is 5.91. The molecule has 2 N–H and O–H groups in total. The van der Waals surface area contributed by atoms with Gasteiger partial charge in [0.2, 0.25) is 5.28 Å². The first kappa shape index (κ1) is 10.8. The molecule has 1 aliphatic rings. The second-order valence-electron chi connectivity index (χ2n) is 4.49. The molecule has 17 heavy (non-hydrogen) atoms. The molecule has 0 amide bonds. The van der Waals surface area contributed by atoms with E-state index in [1.807, 2.05) is 6.33 Å². The number of halogens is 1. The Hall–Kier alpha value is -1.36. The second kappa shape index (κ2) is 4.14. The van der Waals surface area contributed by atoms with E-state index < -0.39 is 0 Å². The minimum Gasteiger partial charge on any atom is -0.382 e. The molecule has 0 spiro atoms. The van der Waals surface area contributed by atoms with Crippen LogP contribution in [-0.2, 0) is 0 Å². The Labute approximate surface area is 104 Å². The van der Waals surface area contributed by atoms with Crippen LogP contribution in [0.5, 0.6) is 0 Å². The summed E-state index contributed by atoms with van der Waals surface area (Å²) in [5.74, 6) is 0.420. The van der Waals surface area contributed by atoms with E-state index in [9.17, 15) is 0 Å². The summed E-state index contributed by atoms with van der Waals surface area (Å²) in [5, 5.41) is 0.156. The summed E-state index contributed by atoms with van der Waals surface area (Å²) < 4.78 is 2.11. The maximum atomic E-state index is 5.91. The Morgan fingerprint density at radius 1 is 1.24 bits per heavy atom. The zero-order valence-electron chi connectivity index (χ0n) is 9.43. The van der Waals surface area contributed by atoms with Crippen molar-refractivity contribution in [2.45, 2.75) is 38.1 Å². The number of rotatable bonds is 1. The van der Waals surface area contributed by atoms with E-state index in [0.717, 1.165) is 5.52 Å². The Balaban J connectivity index is 2.10. The summed E-state index contributed by atoms with van der Waals surface area (Å²) in [7, 11) is 0. The summed E-state index contributed by atoms with van der Waals surface area (Å²) in [6, 6.07) is 0.473. The van der Waals surface area contributed by atoms with Gasteiger partial charge < -0.3 is 10.3 Å². The van der Waals surface area contributed by atoms with E-state index in [0.29, 0.717) is 17.5 Å². The first-order chi connectivity index (χ1) is 8.25. The summed E-state index contributed by atoms with van der Waals surface area (Å²) in [5.41, 5.74) is 7.32. The highest BCUT2D eigenvalue weighted by atomic mass is 35.5. The largest absolute Gasteiger partial charge is 0.382 e. The molecular formula is C11H14ClN5. The van der Waals surface area contributed by atoms with Crippen LogP contribution in [0.15, 0.2) is 6.33 Å². The van der Waals surface area contributed by atoms with Crippen molar-refractivity contribution in [3.05, 3.63) is 11.6 Å². The summed E-state index contributed by atoms with van der Waals surface area (Å²) >= 11 is 5.77. The highest BCUT2D eigenvalue weighted by molar-refractivity contribution is 6.28. The molecule has 5 nitrogen and oxygen atoms in total. The van der Waals surface area contributed by atoms with Crippen LogP contribution in [0.3, 0.4) is 0 Å². The van der Waals surface area contributed by atoms with Crippen LogP contribution in [0.2, 0.25) is 5.28 Å². The predicted molar refractivity (Wildman–Crippen MR) is 66.9 cm³/mol. The molecule has 6 heteroatoms. The van der Waals surface area contributed by atoms with Gasteiger partial charge in [-0.2, -0.15) is 9.97 Å². The Bertz CT molecular complexity index is 544. The Kier molecular flexibility index (Phi) is 2.63. The van der Waals surface area contributed by atoms with Gasteiger partial charge in [-0.05, 0) is 24.4 Å². The molecule has 0 atom stereocenters. The Morgan fingerprint density at radius 2 is 2.00 bits per heavy atom. The first-order valence-corrected chi connectivity index (χ1v) is 6.29. The molecule has 1 fully saturated rings. The number of imidazole rings is 1. The van der Waals surface area contributed by atoms with Crippen molar-refractivity contribution in [1.29, 1.82) is 0 Å². The van der Waals surface area contributed by atoms with Crippen molar-refractivity contribution in [3.8, 4) is 0 Å². The third kappa shape index (κ3) is 1.84. The summed E-state index contributed by atoms with van der Waals surface area (Å²) in [6.07, 6.45) is 8.00. The van der Waals surface area contributed by atoms with E-state index in [1.165, 1.54) is 32.1 Å². The monoisotopic (exact) mass is 251 g/mol. The zero-order valence-corrected chi connectivity index (χ0v) is 10.2. The van der Waals surface area contributed by atoms with Crippen LogP contribution in [0, 0.1) is 0 Å². The molecule has 1 saturated carbocycles. The highest BCUT2D eigenvalue weighted by Crippen LogP contribution is 2.31. The lowest BCUT2D eigenvalue weighted by molar-refractivity contribution is 0.359. The van der Waals surface area contributed by atoms with E-state index in [-0.39, 0.29) is 5.28 Å². The molecular weight excluding hydrogens is 238 g/mol. The molecule has 2 aromatic rings. The standard InChI is InChI=1S/C11H14ClN5/c12-11-15-9(13)8-10(16-11)14-6-17(8)7-4-2-1-3-5-7/h6-7H,1-5H2,(H2,13,15,16). The molecule has 3 rings (SSSR count). The van der Waals surface area contributed by atoms with Gasteiger partial charge in [-0.15, -0.1) is 0 Å². The molecule has 0 bridgehead atoms. The number of fused-ring (bicyclic) bond motifs is 1. The SMILES string of the molecule is Nc1nc(Cl)nc2ncn(C3CCCCC3)c12. The number of aromatic nitrogens is 4. The lowest BCUT2D eigenvalue weighted by atomic mass is 9.95. The first-order valence-electron chi connectivity index (χ1n) is 5.91. The molecule has 90 valence electrons. The molecule has 0 aliphatic heterocycles. The normalized spacial score (nSPS) is 17.7. The predicted octanol–water partition coefficient (Wildman–Crippen LogP) is 2.57. The lowest BCUT2D eigenvalue weighted by Crippen LogP contribution is -2.12. The number of nitrogens with two attached hydrogens (primary N) is 1. The van der Waals surface area contributed by atoms with Crippen LogP contribution < -0.4 is 5.73 Å². The lowest BCUT2D eigenvalue weighted by Gasteiger charge is -2.23. The number of hydrogen-bond acceptors (Lipinski definition) is 4. The van der Waals surface area contributed by atoms with Crippen molar-refractivity contribution in [3.63, 3.8) is 0 Å². The summed E-state index contributed by atoms with van der Waals surface area (Å²) in [4.78, 5) is 12.4. The van der Waals surface area contributed by atoms with Gasteiger partial charge in [-0.3, -0.25) is 0 Å². The molecule has 2 aromatic heterocycles. The van der Waals surface area contributed by atoms with Crippen LogP contribution in [-0.4, -0.2) is 19.5 Å². The van der Waals surface area contributed by atoms with Crippen LogP contribution in [0.25, 0.3) is 11.2 Å². The zero-order chi connectivity index (χ0) is 11.8. The minimum absolute atomic E-state index is 0.156. The number of hydrogen-bond donors (Lipinski definition) is 1. The topological polar surface area (TPSA) is 69.6 Å². The molecule has 2 heterocycles. The molecule has 1 aliphatic carbocycles. The fourth-order valence-corrected chi connectivity index (χ4v) is 2.75. The third-order valence-electron chi connectivity index (χ3n) is 3.40. The van der Waals surface area contributed by atoms with Crippen LogP contribution in [0.4, 0.5) is 5.82 Å². The van der Waals surface area contributed by atoms with Crippen molar-refractivity contribution in [1.82, 2.24) is 19.5 Å². The summed E-state index contributed by atoms with van der Waals surface area (Å²) in [6.45, 7) is 0. The minimum atomic E-state index is 0.156. The van der Waals surface area contributed by atoms with Gasteiger partial charge in [0.25, 0.3) is 0 Å². The van der Waals surface area contributed by atoms with Gasteiger partial charge in [-0.25, -0.2) is 4.98 Å². The quantitative estimate of drug-likeness (QED) is 0.791. The van der Waals surface area contributed by atoms with E-state index >= 15 is 0 Å². The highest BCUT2D eigenvalue weighted by Gasteiger charge is 2.19. The maximum Gasteiger partial charge on any atom is 0.226 e.